The van der Waals surface area contributed by atoms with Gasteiger partial charge in [0.05, 0.1) is 6.04 Å². The number of hydrogen-bond donors (Lipinski definition) is 2. The van der Waals surface area contributed by atoms with Gasteiger partial charge in [-0.05, 0) is 43.1 Å². The molecular weight excluding hydrogens is 335 g/mol. The molecule has 19 heavy (non-hydrogen) atoms. The van der Waals surface area contributed by atoms with Crippen LogP contribution in [0, 0.1) is 5.82 Å². The van der Waals surface area contributed by atoms with E-state index in [0.29, 0.717) is 6.54 Å². The van der Waals surface area contributed by atoms with Crippen molar-refractivity contribution in [1.82, 2.24) is 10.6 Å². The molecule has 106 valence electrons. The third-order valence-electron chi connectivity index (χ3n) is 3.09. The van der Waals surface area contributed by atoms with E-state index < -0.39 is 0 Å². The van der Waals surface area contributed by atoms with Gasteiger partial charge in [-0.25, -0.2) is 4.39 Å². The molecule has 1 aliphatic heterocycles. The van der Waals surface area contributed by atoms with Crippen molar-refractivity contribution in [3.8, 4) is 0 Å². The summed E-state index contributed by atoms with van der Waals surface area (Å²) in [6.07, 6.45) is 3.07. The van der Waals surface area contributed by atoms with Crippen molar-refractivity contribution in [3.63, 3.8) is 0 Å². The summed E-state index contributed by atoms with van der Waals surface area (Å²) < 4.78 is 13.9. The molecule has 3 nitrogen and oxygen atoms in total. The Hall–Kier alpha value is -0.650. The molecule has 1 aliphatic rings. The van der Waals surface area contributed by atoms with E-state index in [1.807, 2.05) is 0 Å². The standard InChI is InChI=1S/C13H16BrFN2O.ClH/c14-11-5-4-10(15)7-9(11)8-17-13(18)12-3-1-2-6-16-12;/h4-5,7,12,16H,1-3,6,8H2,(H,17,18);1H/t12-;/m0./s1. The van der Waals surface area contributed by atoms with Crippen molar-refractivity contribution in [3.05, 3.63) is 34.1 Å². The Morgan fingerprint density at radius 1 is 1.47 bits per heavy atom. The minimum Gasteiger partial charge on any atom is -0.351 e. The second-order valence-electron chi connectivity index (χ2n) is 4.46. The highest BCUT2D eigenvalue weighted by Gasteiger charge is 2.20. The lowest BCUT2D eigenvalue weighted by Crippen LogP contribution is -2.46. The molecule has 0 aliphatic carbocycles. The molecule has 1 fully saturated rings. The molecule has 0 saturated carbocycles. The summed E-state index contributed by atoms with van der Waals surface area (Å²) in [5.74, 6) is -0.302. The first-order valence-electron chi connectivity index (χ1n) is 6.12. The first-order valence-corrected chi connectivity index (χ1v) is 6.91. The minimum atomic E-state index is -0.293. The Labute approximate surface area is 126 Å². The number of piperidine rings is 1. The van der Waals surface area contributed by atoms with Crippen LogP contribution >= 0.6 is 28.3 Å². The van der Waals surface area contributed by atoms with E-state index in [4.69, 9.17) is 0 Å². The Kier molecular flexibility index (Phi) is 6.75. The number of carbonyl (C=O) groups excluding carboxylic acids is 1. The fourth-order valence-electron chi connectivity index (χ4n) is 2.06. The monoisotopic (exact) mass is 350 g/mol. The van der Waals surface area contributed by atoms with Crippen LogP contribution in [0.25, 0.3) is 0 Å². The number of hydrogen-bond acceptors (Lipinski definition) is 2. The average Bonchev–Trinajstić information content (AvgIpc) is 2.40. The molecule has 1 saturated heterocycles. The molecular formula is C13H17BrClFN2O. The summed E-state index contributed by atoms with van der Waals surface area (Å²) in [6.45, 7) is 1.23. The van der Waals surface area contributed by atoms with E-state index in [9.17, 15) is 9.18 Å². The van der Waals surface area contributed by atoms with Gasteiger partial charge in [0.2, 0.25) is 5.91 Å². The molecule has 1 aromatic carbocycles. The van der Waals surface area contributed by atoms with Gasteiger partial charge in [0.15, 0.2) is 0 Å². The van der Waals surface area contributed by atoms with E-state index in [1.165, 1.54) is 12.1 Å². The molecule has 2 rings (SSSR count). The molecule has 0 aromatic heterocycles. The van der Waals surface area contributed by atoms with Gasteiger partial charge in [-0.1, -0.05) is 22.4 Å². The Morgan fingerprint density at radius 3 is 2.95 bits per heavy atom. The molecule has 1 aromatic rings. The maximum atomic E-state index is 13.1. The van der Waals surface area contributed by atoms with Gasteiger partial charge >= 0.3 is 0 Å². The fraction of sp³-hybridized carbons (Fsp3) is 0.462. The molecule has 1 atom stereocenters. The van der Waals surface area contributed by atoms with Crippen molar-refractivity contribution in [1.29, 1.82) is 0 Å². The summed E-state index contributed by atoms with van der Waals surface area (Å²) in [7, 11) is 0. The first-order chi connectivity index (χ1) is 8.66. The maximum absolute atomic E-state index is 13.1. The molecule has 2 N–H and O–H groups in total. The summed E-state index contributed by atoms with van der Waals surface area (Å²) in [5.41, 5.74) is 0.749. The zero-order valence-corrected chi connectivity index (χ0v) is 12.8. The SMILES string of the molecule is Cl.O=C(NCc1cc(F)ccc1Br)[C@@H]1CCCCN1. The zero-order chi connectivity index (χ0) is 13.0. The van der Waals surface area contributed by atoms with Gasteiger partial charge in [-0.3, -0.25) is 4.79 Å². The molecule has 0 bridgehead atoms. The lowest BCUT2D eigenvalue weighted by molar-refractivity contribution is -0.123. The van der Waals surface area contributed by atoms with Gasteiger partial charge in [0.25, 0.3) is 0 Å². The third-order valence-corrected chi connectivity index (χ3v) is 3.86. The van der Waals surface area contributed by atoms with Crippen LogP contribution < -0.4 is 10.6 Å². The van der Waals surface area contributed by atoms with Gasteiger partial charge in [-0.15, -0.1) is 12.4 Å². The van der Waals surface area contributed by atoms with Crippen LogP contribution in [0.1, 0.15) is 24.8 Å². The molecule has 1 amide bonds. The smallest absolute Gasteiger partial charge is 0.237 e. The van der Waals surface area contributed by atoms with Crippen molar-refractivity contribution < 1.29 is 9.18 Å². The fourth-order valence-corrected chi connectivity index (χ4v) is 2.45. The maximum Gasteiger partial charge on any atom is 0.237 e. The number of amides is 1. The van der Waals surface area contributed by atoms with Crippen molar-refractivity contribution in [2.24, 2.45) is 0 Å². The molecule has 0 spiro atoms. The van der Waals surface area contributed by atoms with E-state index in [2.05, 4.69) is 26.6 Å². The van der Waals surface area contributed by atoms with E-state index in [-0.39, 0.29) is 30.2 Å². The molecule has 6 heteroatoms. The number of rotatable bonds is 3. The van der Waals surface area contributed by atoms with Gasteiger partial charge in [-0.2, -0.15) is 0 Å². The second-order valence-corrected chi connectivity index (χ2v) is 5.31. The van der Waals surface area contributed by atoms with Gasteiger partial charge in [0.1, 0.15) is 5.82 Å². The number of halogens is 3. The number of benzene rings is 1. The normalized spacial score (nSPS) is 18.5. The van der Waals surface area contributed by atoms with Crippen LogP contribution in [0.2, 0.25) is 0 Å². The lowest BCUT2D eigenvalue weighted by atomic mass is 10.0. The topological polar surface area (TPSA) is 41.1 Å². The summed E-state index contributed by atoms with van der Waals surface area (Å²) in [6, 6.07) is 4.36. The highest BCUT2D eigenvalue weighted by Crippen LogP contribution is 2.17. The Bertz CT molecular complexity index is 439. The molecule has 1 heterocycles. The molecule has 0 radical (unpaired) electrons. The largest absolute Gasteiger partial charge is 0.351 e. The number of nitrogens with one attached hydrogen (secondary N) is 2. The quantitative estimate of drug-likeness (QED) is 0.879. The predicted molar refractivity (Wildman–Crippen MR) is 78.8 cm³/mol. The molecule has 0 unspecified atom stereocenters. The van der Waals surface area contributed by atoms with Crippen LogP contribution in [0.3, 0.4) is 0 Å². The minimum absolute atomic E-state index is 0. The van der Waals surface area contributed by atoms with E-state index in [1.54, 1.807) is 6.07 Å². The average molecular weight is 352 g/mol. The highest BCUT2D eigenvalue weighted by atomic mass is 79.9. The van der Waals surface area contributed by atoms with Crippen LogP contribution in [0.15, 0.2) is 22.7 Å². The lowest BCUT2D eigenvalue weighted by Gasteiger charge is -2.22. The predicted octanol–water partition coefficient (Wildman–Crippen LogP) is 2.77. The van der Waals surface area contributed by atoms with E-state index >= 15 is 0 Å². The Morgan fingerprint density at radius 2 is 2.26 bits per heavy atom. The van der Waals surface area contributed by atoms with Crippen LogP contribution in [0.4, 0.5) is 4.39 Å². The third kappa shape index (κ3) is 4.75. The Balaban J connectivity index is 0.00000180. The summed E-state index contributed by atoms with van der Waals surface area (Å²) in [5, 5.41) is 6.02. The first kappa shape index (κ1) is 16.4. The van der Waals surface area contributed by atoms with Crippen LogP contribution in [0.5, 0.6) is 0 Å². The summed E-state index contributed by atoms with van der Waals surface area (Å²) >= 11 is 3.34. The van der Waals surface area contributed by atoms with Gasteiger partial charge in [0, 0.05) is 11.0 Å². The zero-order valence-electron chi connectivity index (χ0n) is 10.4. The van der Waals surface area contributed by atoms with Crippen molar-refractivity contribution in [2.75, 3.05) is 6.54 Å². The number of carbonyl (C=O) groups is 1. The van der Waals surface area contributed by atoms with Crippen molar-refractivity contribution >= 4 is 34.2 Å². The second kappa shape index (κ2) is 7.82. The highest BCUT2D eigenvalue weighted by molar-refractivity contribution is 9.10. The van der Waals surface area contributed by atoms with Crippen molar-refractivity contribution in [2.45, 2.75) is 31.8 Å². The van der Waals surface area contributed by atoms with Crippen LogP contribution in [-0.4, -0.2) is 18.5 Å². The van der Waals surface area contributed by atoms with Gasteiger partial charge < -0.3 is 10.6 Å². The van der Waals surface area contributed by atoms with Crippen LogP contribution in [-0.2, 0) is 11.3 Å². The summed E-state index contributed by atoms with van der Waals surface area (Å²) in [4.78, 5) is 11.9. The van der Waals surface area contributed by atoms with E-state index in [0.717, 1.165) is 35.8 Å².